The summed E-state index contributed by atoms with van der Waals surface area (Å²) in [6.07, 6.45) is 1.58. The molecule has 0 amide bonds. The Balaban J connectivity index is 1.99. The van der Waals surface area contributed by atoms with E-state index in [-0.39, 0.29) is 17.3 Å². The standard InChI is InChI=1S/C13H15ClN2O3S2/c1-16-11(9-17)8-15-13(16)20-6-7-21(18,19)12-4-2-10(14)3-5-12/h2-5,8,17H,6-7,9H2,1H3. The van der Waals surface area contributed by atoms with Crippen LogP contribution >= 0.6 is 23.4 Å². The number of aliphatic hydroxyl groups is 1. The predicted octanol–water partition coefficient (Wildman–Crippen LogP) is 2.13. The van der Waals surface area contributed by atoms with Gasteiger partial charge in [-0.1, -0.05) is 23.4 Å². The molecular formula is C13H15ClN2O3S2. The number of aromatic nitrogens is 2. The Hall–Kier alpha value is -1.02. The van der Waals surface area contributed by atoms with Crippen LogP contribution < -0.4 is 0 Å². The first-order valence-corrected chi connectivity index (χ1v) is 9.18. The van der Waals surface area contributed by atoms with Crippen LogP contribution in [0.5, 0.6) is 0 Å². The monoisotopic (exact) mass is 346 g/mol. The van der Waals surface area contributed by atoms with Gasteiger partial charge in [0.05, 0.1) is 29.1 Å². The number of benzene rings is 1. The second kappa shape index (κ2) is 6.83. The van der Waals surface area contributed by atoms with Crippen molar-refractivity contribution in [2.45, 2.75) is 16.7 Å². The van der Waals surface area contributed by atoms with Crippen molar-refractivity contribution in [3.63, 3.8) is 0 Å². The summed E-state index contributed by atoms with van der Waals surface area (Å²) in [7, 11) is -1.54. The molecule has 5 nitrogen and oxygen atoms in total. The molecule has 8 heteroatoms. The van der Waals surface area contributed by atoms with Gasteiger partial charge in [-0.15, -0.1) is 0 Å². The number of imidazole rings is 1. The smallest absolute Gasteiger partial charge is 0.179 e. The SMILES string of the molecule is Cn1c(CO)cnc1SCCS(=O)(=O)c1ccc(Cl)cc1. The minimum Gasteiger partial charge on any atom is -0.390 e. The minimum atomic E-state index is -3.32. The van der Waals surface area contributed by atoms with E-state index in [1.165, 1.54) is 23.9 Å². The van der Waals surface area contributed by atoms with E-state index in [2.05, 4.69) is 4.98 Å². The van der Waals surface area contributed by atoms with Crippen molar-refractivity contribution in [2.75, 3.05) is 11.5 Å². The largest absolute Gasteiger partial charge is 0.390 e. The lowest BCUT2D eigenvalue weighted by atomic mass is 10.4. The van der Waals surface area contributed by atoms with Crippen molar-refractivity contribution in [1.29, 1.82) is 0 Å². The lowest BCUT2D eigenvalue weighted by molar-refractivity contribution is 0.271. The molecule has 0 spiro atoms. The highest BCUT2D eigenvalue weighted by atomic mass is 35.5. The van der Waals surface area contributed by atoms with Crippen molar-refractivity contribution >= 4 is 33.2 Å². The van der Waals surface area contributed by atoms with E-state index in [4.69, 9.17) is 16.7 Å². The topological polar surface area (TPSA) is 72.2 Å². The van der Waals surface area contributed by atoms with Crippen LogP contribution in [0.15, 0.2) is 40.5 Å². The van der Waals surface area contributed by atoms with Gasteiger partial charge in [0.2, 0.25) is 0 Å². The van der Waals surface area contributed by atoms with E-state index < -0.39 is 9.84 Å². The van der Waals surface area contributed by atoms with Crippen LogP contribution in [-0.4, -0.2) is 34.6 Å². The van der Waals surface area contributed by atoms with Gasteiger partial charge in [-0.2, -0.15) is 0 Å². The molecular weight excluding hydrogens is 332 g/mol. The summed E-state index contributed by atoms with van der Waals surface area (Å²) in [6, 6.07) is 6.14. The molecule has 1 heterocycles. The van der Waals surface area contributed by atoms with E-state index in [9.17, 15) is 8.42 Å². The van der Waals surface area contributed by atoms with Crippen LogP contribution in [0.25, 0.3) is 0 Å². The van der Waals surface area contributed by atoms with Crippen molar-refractivity contribution < 1.29 is 13.5 Å². The van der Waals surface area contributed by atoms with E-state index in [0.717, 1.165) is 0 Å². The molecule has 0 unspecified atom stereocenters. The second-order valence-electron chi connectivity index (χ2n) is 4.37. The average molecular weight is 347 g/mol. The first-order valence-electron chi connectivity index (χ1n) is 6.16. The normalized spacial score (nSPS) is 11.8. The van der Waals surface area contributed by atoms with Gasteiger partial charge >= 0.3 is 0 Å². The maximum atomic E-state index is 12.2. The van der Waals surface area contributed by atoms with Crippen LogP contribution in [0.3, 0.4) is 0 Å². The minimum absolute atomic E-state index is 0.0145. The zero-order valence-electron chi connectivity index (χ0n) is 11.4. The van der Waals surface area contributed by atoms with E-state index >= 15 is 0 Å². The Morgan fingerprint density at radius 3 is 2.57 bits per heavy atom. The van der Waals surface area contributed by atoms with Gasteiger partial charge < -0.3 is 9.67 Å². The van der Waals surface area contributed by atoms with Gasteiger partial charge in [0.25, 0.3) is 0 Å². The van der Waals surface area contributed by atoms with Gasteiger partial charge in [0.15, 0.2) is 15.0 Å². The molecule has 1 aromatic heterocycles. The molecule has 0 fully saturated rings. The van der Waals surface area contributed by atoms with Crippen molar-refractivity contribution in [1.82, 2.24) is 9.55 Å². The summed E-state index contributed by atoms with van der Waals surface area (Å²) >= 11 is 7.09. The van der Waals surface area contributed by atoms with E-state index in [0.29, 0.717) is 21.6 Å². The molecule has 21 heavy (non-hydrogen) atoms. The Bertz CT molecular complexity index is 712. The molecule has 0 atom stereocenters. The summed E-state index contributed by atoms with van der Waals surface area (Å²) in [5, 5.41) is 10.3. The number of rotatable bonds is 6. The molecule has 0 aliphatic rings. The number of hydrogen-bond acceptors (Lipinski definition) is 5. The third kappa shape index (κ3) is 4.00. The highest BCUT2D eigenvalue weighted by Gasteiger charge is 2.15. The fourth-order valence-corrected chi connectivity index (χ4v) is 4.45. The van der Waals surface area contributed by atoms with Crippen molar-refractivity contribution in [3.8, 4) is 0 Å². The third-order valence-electron chi connectivity index (χ3n) is 2.96. The quantitative estimate of drug-likeness (QED) is 0.811. The van der Waals surface area contributed by atoms with Gasteiger partial charge in [0, 0.05) is 17.8 Å². The molecule has 0 saturated carbocycles. The molecule has 114 valence electrons. The zero-order chi connectivity index (χ0) is 15.5. The Morgan fingerprint density at radius 2 is 2.00 bits per heavy atom. The van der Waals surface area contributed by atoms with Crippen LogP contribution in [-0.2, 0) is 23.5 Å². The summed E-state index contributed by atoms with van der Waals surface area (Å²) in [4.78, 5) is 4.41. The number of aliphatic hydroxyl groups excluding tert-OH is 1. The van der Waals surface area contributed by atoms with Gasteiger partial charge in [0.1, 0.15) is 0 Å². The molecule has 2 aromatic rings. The summed E-state index contributed by atoms with van der Waals surface area (Å²) < 4.78 is 26.1. The Morgan fingerprint density at radius 1 is 1.33 bits per heavy atom. The lowest BCUT2D eigenvalue weighted by Gasteiger charge is -2.05. The molecule has 0 radical (unpaired) electrons. The Labute approximate surface area is 132 Å². The molecule has 1 N–H and O–H groups in total. The maximum absolute atomic E-state index is 12.2. The summed E-state index contributed by atoms with van der Waals surface area (Å²) in [6.45, 7) is -0.0901. The summed E-state index contributed by atoms with van der Waals surface area (Å²) in [5.41, 5.74) is 0.693. The molecule has 1 aromatic carbocycles. The average Bonchev–Trinajstić information content (AvgIpc) is 2.80. The lowest BCUT2D eigenvalue weighted by Crippen LogP contribution is -2.09. The predicted molar refractivity (Wildman–Crippen MR) is 83.4 cm³/mol. The number of thioether (sulfide) groups is 1. The Kier molecular flexibility index (Phi) is 5.32. The van der Waals surface area contributed by atoms with Crippen LogP contribution in [0.1, 0.15) is 5.69 Å². The van der Waals surface area contributed by atoms with Crippen LogP contribution in [0, 0.1) is 0 Å². The highest BCUT2D eigenvalue weighted by molar-refractivity contribution is 8.00. The first kappa shape index (κ1) is 16.4. The third-order valence-corrected chi connectivity index (χ3v) is 6.25. The van der Waals surface area contributed by atoms with Gasteiger partial charge in [-0.05, 0) is 24.3 Å². The number of sulfone groups is 1. The van der Waals surface area contributed by atoms with Gasteiger partial charge in [-0.3, -0.25) is 0 Å². The zero-order valence-corrected chi connectivity index (χ0v) is 13.7. The van der Waals surface area contributed by atoms with E-state index in [1.807, 2.05) is 0 Å². The summed E-state index contributed by atoms with van der Waals surface area (Å²) in [5.74, 6) is 0.404. The maximum Gasteiger partial charge on any atom is 0.179 e. The molecule has 0 saturated heterocycles. The van der Waals surface area contributed by atoms with Crippen molar-refractivity contribution in [3.05, 3.63) is 41.2 Å². The van der Waals surface area contributed by atoms with Crippen LogP contribution in [0.4, 0.5) is 0 Å². The van der Waals surface area contributed by atoms with Gasteiger partial charge in [-0.25, -0.2) is 13.4 Å². The highest BCUT2D eigenvalue weighted by Crippen LogP contribution is 2.20. The number of halogens is 1. The molecule has 0 aliphatic carbocycles. The molecule has 0 bridgehead atoms. The first-order chi connectivity index (χ1) is 9.94. The molecule has 2 rings (SSSR count). The fraction of sp³-hybridized carbons (Fsp3) is 0.308. The van der Waals surface area contributed by atoms with Crippen molar-refractivity contribution in [2.24, 2.45) is 7.05 Å². The van der Waals surface area contributed by atoms with E-state index in [1.54, 1.807) is 29.9 Å². The number of nitrogens with zero attached hydrogens (tertiary/aromatic N) is 2. The molecule has 0 aliphatic heterocycles. The van der Waals surface area contributed by atoms with Crippen LogP contribution in [0.2, 0.25) is 5.02 Å². The fourth-order valence-electron chi connectivity index (χ4n) is 1.71. The number of hydrogen-bond donors (Lipinski definition) is 1. The second-order valence-corrected chi connectivity index (χ2v) is 7.98.